The Morgan fingerprint density at radius 3 is 2.18 bits per heavy atom. The van der Waals surface area contributed by atoms with Gasteiger partial charge < -0.3 is 19.3 Å². The van der Waals surface area contributed by atoms with E-state index in [9.17, 15) is 0 Å². The van der Waals surface area contributed by atoms with E-state index in [1.54, 1.807) is 6.21 Å². The predicted octanol–water partition coefficient (Wildman–Crippen LogP) is 5.67. The van der Waals surface area contributed by atoms with E-state index >= 15 is 0 Å². The van der Waals surface area contributed by atoms with E-state index in [1.165, 1.54) is 44.1 Å². The molecule has 0 atom stereocenters. The van der Waals surface area contributed by atoms with Crippen molar-refractivity contribution in [1.82, 2.24) is 9.97 Å². The fourth-order valence-electron chi connectivity index (χ4n) is 4.85. The van der Waals surface area contributed by atoms with E-state index in [4.69, 9.17) is 19.4 Å². The van der Waals surface area contributed by atoms with Crippen molar-refractivity contribution in [3.8, 4) is 11.5 Å². The molecule has 1 aromatic heterocycles. The van der Waals surface area contributed by atoms with Crippen LogP contribution in [0.1, 0.15) is 49.7 Å². The van der Waals surface area contributed by atoms with Gasteiger partial charge in [-0.1, -0.05) is 12.1 Å². The van der Waals surface area contributed by atoms with Crippen molar-refractivity contribution >= 4 is 23.8 Å². The fourth-order valence-corrected chi connectivity index (χ4v) is 4.85. The summed E-state index contributed by atoms with van der Waals surface area (Å²) in [6.07, 6.45) is 9.18. The van der Waals surface area contributed by atoms with Crippen LogP contribution in [-0.2, 0) is 0 Å². The second-order valence-corrected chi connectivity index (χ2v) is 9.96. The van der Waals surface area contributed by atoms with Gasteiger partial charge in [-0.3, -0.25) is 5.43 Å². The zero-order chi connectivity index (χ0) is 26.0. The van der Waals surface area contributed by atoms with Crippen molar-refractivity contribution in [3.05, 3.63) is 65.7 Å². The summed E-state index contributed by atoms with van der Waals surface area (Å²) in [7, 11) is 0. The second kappa shape index (κ2) is 13.1. The molecule has 0 spiro atoms. The SMILES string of the molecule is Cc1cccc(OCCOc2ccc(C=NNc3cc(N4CCCCC4)nc(N4CCCCC4)n3)cc2)c1. The van der Waals surface area contributed by atoms with Gasteiger partial charge in [-0.05, 0) is 93.0 Å². The molecule has 38 heavy (non-hydrogen) atoms. The Morgan fingerprint density at radius 2 is 1.47 bits per heavy atom. The summed E-state index contributed by atoms with van der Waals surface area (Å²) < 4.78 is 11.6. The number of hydrazone groups is 1. The molecule has 2 fully saturated rings. The van der Waals surface area contributed by atoms with Gasteiger partial charge >= 0.3 is 0 Å². The molecule has 2 aromatic carbocycles. The average molecular weight is 515 g/mol. The Bertz CT molecular complexity index is 1150. The monoisotopic (exact) mass is 514 g/mol. The lowest BCUT2D eigenvalue weighted by atomic mass is 10.1. The smallest absolute Gasteiger partial charge is 0.229 e. The molecular weight excluding hydrogens is 476 g/mol. The number of piperidine rings is 2. The fraction of sp³-hybridized carbons (Fsp3) is 0.433. The highest BCUT2D eigenvalue weighted by Crippen LogP contribution is 2.25. The van der Waals surface area contributed by atoms with E-state index < -0.39 is 0 Å². The maximum Gasteiger partial charge on any atom is 0.229 e. The molecule has 0 amide bonds. The molecule has 0 radical (unpaired) electrons. The molecule has 2 aliphatic rings. The third-order valence-corrected chi connectivity index (χ3v) is 6.90. The molecule has 8 heteroatoms. The maximum absolute atomic E-state index is 5.82. The summed E-state index contributed by atoms with van der Waals surface area (Å²) in [5.74, 6) is 4.19. The second-order valence-electron chi connectivity index (χ2n) is 9.96. The van der Waals surface area contributed by atoms with E-state index in [1.807, 2.05) is 48.5 Å². The van der Waals surface area contributed by atoms with Crippen LogP contribution in [0.3, 0.4) is 0 Å². The van der Waals surface area contributed by atoms with Gasteiger partial charge in [0.05, 0.1) is 6.21 Å². The van der Waals surface area contributed by atoms with Crippen LogP contribution in [0.2, 0.25) is 0 Å². The Morgan fingerprint density at radius 1 is 0.789 bits per heavy atom. The van der Waals surface area contributed by atoms with Gasteiger partial charge in [-0.2, -0.15) is 15.1 Å². The molecular formula is C30H38N6O2. The predicted molar refractivity (Wildman–Crippen MR) is 154 cm³/mol. The zero-order valence-electron chi connectivity index (χ0n) is 22.3. The lowest BCUT2D eigenvalue weighted by Crippen LogP contribution is -2.33. The van der Waals surface area contributed by atoms with Crippen molar-refractivity contribution in [2.75, 3.05) is 54.6 Å². The van der Waals surface area contributed by atoms with Crippen LogP contribution in [0.4, 0.5) is 17.6 Å². The minimum atomic E-state index is 0.481. The highest BCUT2D eigenvalue weighted by Gasteiger charge is 2.19. The first kappa shape index (κ1) is 25.8. The molecule has 5 rings (SSSR count). The van der Waals surface area contributed by atoms with Crippen LogP contribution in [0, 0.1) is 6.92 Å². The van der Waals surface area contributed by atoms with Crippen molar-refractivity contribution < 1.29 is 9.47 Å². The number of rotatable bonds is 10. The normalized spacial score (nSPS) is 16.0. The van der Waals surface area contributed by atoms with Gasteiger partial charge in [0.1, 0.15) is 30.5 Å². The zero-order valence-corrected chi connectivity index (χ0v) is 22.3. The van der Waals surface area contributed by atoms with Crippen molar-refractivity contribution in [1.29, 1.82) is 0 Å². The molecule has 0 unspecified atom stereocenters. The van der Waals surface area contributed by atoms with Crippen LogP contribution >= 0.6 is 0 Å². The minimum absolute atomic E-state index is 0.481. The summed E-state index contributed by atoms with van der Waals surface area (Å²) >= 11 is 0. The van der Waals surface area contributed by atoms with Crippen molar-refractivity contribution in [2.45, 2.75) is 45.4 Å². The van der Waals surface area contributed by atoms with Crippen LogP contribution < -0.4 is 24.7 Å². The van der Waals surface area contributed by atoms with Crippen LogP contribution in [0.25, 0.3) is 0 Å². The Labute approximate surface area is 225 Å². The molecule has 8 nitrogen and oxygen atoms in total. The first-order chi connectivity index (χ1) is 18.7. The van der Waals surface area contributed by atoms with Gasteiger partial charge in [-0.15, -0.1) is 0 Å². The first-order valence-corrected chi connectivity index (χ1v) is 13.8. The number of benzene rings is 2. The van der Waals surface area contributed by atoms with Gasteiger partial charge in [0, 0.05) is 32.2 Å². The number of hydrogen-bond donors (Lipinski definition) is 1. The van der Waals surface area contributed by atoms with Crippen LogP contribution in [0.5, 0.6) is 11.5 Å². The lowest BCUT2D eigenvalue weighted by Gasteiger charge is -2.31. The Balaban J connectivity index is 1.16. The maximum atomic E-state index is 5.82. The number of aromatic nitrogens is 2. The number of ether oxygens (including phenoxy) is 2. The summed E-state index contributed by atoms with van der Waals surface area (Å²) in [6, 6.07) is 17.9. The van der Waals surface area contributed by atoms with Gasteiger partial charge in [0.25, 0.3) is 0 Å². The average Bonchev–Trinajstić information content (AvgIpc) is 2.97. The highest BCUT2D eigenvalue weighted by molar-refractivity contribution is 5.80. The van der Waals surface area contributed by atoms with Gasteiger partial charge in [-0.25, -0.2) is 0 Å². The summed E-state index contributed by atoms with van der Waals surface area (Å²) in [6.45, 7) is 7.15. The largest absolute Gasteiger partial charge is 0.490 e. The number of nitrogens with one attached hydrogen (secondary N) is 1. The molecule has 2 saturated heterocycles. The number of hydrogen-bond acceptors (Lipinski definition) is 8. The quantitative estimate of drug-likeness (QED) is 0.212. The van der Waals surface area contributed by atoms with Gasteiger partial charge in [0.2, 0.25) is 5.95 Å². The van der Waals surface area contributed by atoms with E-state index in [-0.39, 0.29) is 0 Å². The molecule has 0 aliphatic carbocycles. The Hall–Kier alpha value is -3.81. The van der Waals surface area contributed by atoms with Gasteiger partial charge in [0.15, 0.2) is 5.82 Å². The standard InChI is InChI=1S/C30H38N6O2/c1-24-9-8-10-27(21-24)38-20-19-37-26-13-11-25(12-14-26)23-31-34-28-22-29(35-15-4-2-5-16-35)33-30(32-28)36-17-6-3-7-18-36/h8-14,21-23H,2-7,15-20H2,1H3,(H,32,33,34). The number of anilines is 3. The summed E-state index contributed by atoms with van der Waals surface area (Å²) in [5, 5.41) is 4.47. The summed E-state index contributed by atoms with van der Waals surface area (Å²) in [5.41, 5.74) is 5.30. The lowest BCUT2D eigenvalue weighted by molar-refractivity contribution is 0.217. The summed E-state index contributed by atoms with van der Waals surface area (Å²) in [4.78, 5) is 14.4. The van der Waals surface area contributed by atoms with Crippen molar-refractivity contribution in [2.24, 2.45) is 5.10 Å². The third kappa shape index (κ3) is 7.37. The number of nitrogens with zero attached hydrogens (tertiary/aromatic N) is 5. The minimum Gasteiger partial charge on any atom is -0.490 e. The highest BCUT2D eigenvalue weighted by atomic mass is 16.5. The molecule has 0 saturated carbocycles. The topological polar surface area (TPSA) is 75.1 Å². The molecule has 3 aromatic rings. The molecule has 200 valence electrons. The third-order valence-electron chi connectivity index (χ3n) is 6.90. The van der Waals surface area contributed by atoms with Crippen LogP contribution in [0.15, 0.2) is 59.7 Å². The molecule has 1 N–H and O–H groups in total. The first-order valence-electron chi connectivity index (χ1n) is 13.8. The molecule has 2 aliphatic heterocycles. The van der Waals surface area contributed by atoms with Crippen LogP contribution in [-0.4, -0.2) is 55.6 Å². The van der Waals surface area contributed by atoms with E-state index in [2.05, 4.69) is 33.3 Å². The molecule has 0 bridgehead atoms. The van der Waals surface area contributed by atoms with E-state index in [0.29, 0.717) is 13.2 Å². The number of aryl methyl sites for hydroxylation is 1. The Kier molecular flexibility index (Phi) is 8.92. The van der Waals surface area contributed by atoms with E-state index in [0.717, 1.165) is 60.8 Å². The van der Waals surface area contributed by atoms with Crippen molar-refractivity contribution in [3.63, 3.8) is 0 Å². The molecule has 3 heterocycles.